The lowest BCUT2D eigenvalue weighted by Crippen LogP contribution is -2.56. The molecule has 1 spiro atoms. The second-order valence-electron chi connectivity index (χ2n) is 8.16. The number of aryl methyl sites for hydroxylation is 1. The Bertz CT molecular complexity index is 820. The van der Waals surface area contributed by atoms with Gasteiger partial charge in [0.1, 0.15) is 11.3 Å². The fourth-order valence-corrected chi connectivity index (χ4v) is 4.93. The molecule has 1 aromatic heterocycles. The zero-order valence-corrected chi connectivity index (χ0v) is 16.7. The number of ether oxygens (including phenoxy) is 1. The molecule has 146 valence electrons. The molecule has 2 aliphatic heterocycles. The molecule has 0 aliphatic carbocycles. The summed E-state index contributed by atoms with van der Waals surface area (Å²) in [4.78, 5) is 17.2. The number of benzene rings is 1. The van der Waals surface area contributed by atoms with Crippen molar-refractivity contribution in [3.63, 3.8) is 0 Å². The third-order valence-electron chi connectivity index (χ3n) is 6.53. The molecule has 0 N–H and O–H groups in total. The molecule has 0 bridgehead atoms. The van der Waals surface area contributed by atoms with Gasteiger partial charge in [-0.25, -0.2) is 0 Å². The Hall–Kier alpha value is -1.85. The van der Waals surface area contributed by atoms with Crippen LogP contribution in [0.4, 0.5) is 0 Å². The van der Waals surface area contributed by atoms with Gasteiger partial charge in [-0.15, -0.1) is 0 Å². The quantitative estimate of drug-likeness (QED) is 0.827. The van der Waals surface area contributed by atoms with Crippen molar-refractivity contribution < 1.29 is 13.9 Å². The van der Waals surface area contributed by atoms with Gasteiger partial charge in [-0.05, 0) is 38.4 Å². The van der Waals surface area contributed by atoms with E-state index in [2.05, 4.69) is 24.0 Å². The average molecular weight is 370 g/mol. The van der Waals surface area contributed by atoms with Crippen molar-refractivity contribution in [1.82, 2.24) is 9.80 Å². The number of likely N-dealkylation sites (N-methyl/N-ethyl adjacent to an activating group) is 1. The predicted octanol–water partition coefficient (Wildman–Crippen LogP) is 3.45. The van der Waals surface area contributed by atoms with Crippen LogP contribution in [0.2, 0.25) is 0 Å². The number of hydrogen-bond acceptors (Lipinski definition) is 4. The first-order valence-corrected chi connectivity index (χ1v) is 10.1. The van der Waals surface area contributed by atoms with Gasteiger partial charge >= 0.3 is 0 Å². The number of amides is 1. The second-order valence-corrected chi connectivity index (χ2v) is 8.16. The van der Waals surface area contributed by atoms with E-state index in [4.69, 9.17) is 9.15 Å². The summed E-state index contributed by atoms with van der Waals surface area (Å²) in [5.74, 6) is 1.39. The van der Waals surface area contributed by atoms with E-state index in [9.17, 15) is 4.79 Å². The summed E-state index contributed by atoms with van der Waals surface area (Å²) in [6, 6.07) is 8.30. The number of fused-ring (bicyclic) bond motifs is 1. The Kier molecular flexibility index (Phi) is 4.99. The second kappa shape index (κ2) is 7.28. The fraction of sp³-hybridized carbons (Fsp3) is 0.591. The van der Waals surface area contributed by atoms with E-state index in [1.165, 1.54) is 10.9 Å². The molecule has 2 aliphatic rings. The van der Waals surface area contributed by atoms with Gasteiger partial charge in [0.25, 0.3) is 0 Å². The fourth-order valence-electron chi connectivity index (χ4n) is 4.93. The number of methoxy groups -OCH3 is 1. The van der Waals surface area contributed by atoms with Gasteiger partial charge < -0.3 is 14.1 Å². The number of rotatable bonds is 4. The van der Waals surface area contributed by atoms with Gasteiger partial charge in [0.2, 0.25) is 5.91 Å². The molecule has 1 atom stereocenters. The van der Waals surface area contributed by atoms with Crippen LogP contribution in [-0.4, -0.2) is 55.6 Å². The summed E-state index contributed by atoms with van der Waals surface area (Å²) in [6.07, 6.45) is 3.74. The number of hydrogen-bond donors (Lipinski definition) is 0. The summed E-state index contributed by atoms with van der Waals surface area (Å²) in [6.45, 7) is 5.64. The molecule has 27 heavy (non-hydrogen) atoms. The van der Waals surface area contributed by atoms with Gasteiger partial charge in [-0.1, -0.05) is 25.1 Å². The van der Waals surface area contributed by atoms with Crippen LogP contribution in [0.15, 0.2) is 28.7 Å². The number of nitrogens with zero attached hydrogens (tertiary/aromatic N) is 2. The summed E-state index contributed by atoms with van der Waals surface area (Å²) in [5, 5.41) is 1.22. The van der Waals surface area contributed by atoms with E-state index >= 15 is 0 Å². The number of furan rings is 1. The van der Waals surface area contributed by atoms with Crippen molar-refractivity contribution in [3.8, 4) is 0 Å². The zero-order chi connectivity index (χ0) is 19.0. The lowest BCUT2D eigenvalue weighted by Gasteiger charge is -2.47. The average Bonchev–Trinajstić information content (AvgIpc) is 3.05. The molecule has 3 heterocycles. The van der Waals surface area contributed by atoms with Crippen LogP contribution in [0.1, 0.15) is 37.5 Å². The van der Waals surface area contributed by atoms with Crippen LogP contribution >= 0.6 is 0 Å². The Morgan fingerprint density at radius 1 is 1.26 bits per heavy atom. The highest BCUT2D eigenvalue weighted by molar-refractivity contribution is 5.84. The smallest absolute Gasteiger partial charge is 0.228 e. The van der Waals surface area contributed by atoms with Crippen LogP contribution in [0.25, 0.3) is 11.0 Å². The number of likely N-dealkylation sites (tertiary alicyclic amines) is 2. The Morgan fingerprint density at radius 3 is 2.70 bits per heavy atom. The predicted molar refractivity (Wildman–Crippen MR) is 106 cm³/mol. The van der Waals surface area contributed by atoms with Crippen molar-refractivity contribution in [3.05, 3.63) is 35.6 Å². The Morgan fingerprint density at radius 2 is 2.00 bits per heavy atom. The number of carbonyl (C=O) groups excluding carboxylic acids is 1. The van der Waals surface area contributed by atoms with Gasteiger partial charge in [0, 0.05) is 44.6 Å². The molecule has 1 aromatic carbocycles. The highest BCUT2D eigenvalue weighted by Gasteiger charge is 2.47. The first-order valence-electron chi connectivity index (χ1n) is 10.1. The third kappa shape index (κ3) is 3.27. The van der Waals surface area contributed by atoms with Gasteiger partial charge in [-0.3, -0.25) is 9.69 Å². The first-order chi connectivity index (χ1) is 13.1. The molecule has 2 fully saturated rings. The first kappa shape index (κ1) is 18.5. The summed E-state index contributed by atoms with van der Waals surface area (Å²) in [5.41, 5.74) is 2.05. The molecule has 2 saturated heterocycles. The van der Waals surface area contributed by atoms with E-state index in [1.807, 2.05) is 24.1 Å². The van der Waals surface area contributed by atoms with E-state index in [0.717, 1.165) is 56.7 Å². The maximum Gasteiger partial charge on any atom is 0.228 e. The molecular formula is C22H30N2O3. The van der Waals surface area contributed by atoms with Gasteiger partial charge in [-0.2, -0.15) is 0 Å². The van der Waals surface area contributed by atoms with E-state index in [-0.39, 0.29) is 11.5 Å². The van der Waals surface area contributed by atoms with Crippen molar-refractivity contribution in [1.29, 1.82) is 0 Å². The van der Waals surface area contributed by atoms with Gasteiger partial charge in [0.15, 0.2) is 0 Å². The summed E-state index contributed by atoms with van der Waals surface area (Å²) < 4.78 is 11.7. The maximum absolute atomic E-state index is 12.9. The van der Waals surface area contributed by atoms with Crippen molar-refractivity contribution in [2.24, 2.45) is 5.41 Å². The van der Waals surface area contributed by atoms with Crippen LogP contribution in [0.3, 0.4) is 0 Å². The lowest BCUT2D eigenvalue weighted by atomic mass is 9.71. The van der Waals surface area contributed by atoms with Crippen LogP contribution in [0, 0.1) is 5.41 Å². The molecule has 0 saturated carbocycles. The molecule has 1 unspecified atom stereocenters. The number of carbonyl (C=O) groups is 1. The molecule has 2 aromatic rings. The van der Waals surface area contributed by atoms with E-state index in [0.29, 0.717) is 12.5 Å². The standard InChI is InChI=1S/C22H30N2O3/c1-4-19-18(17-7-5-6-8-20(17)27-19)15-24-11-9-22(10-12-24)13-16(26-3)14-23(2)21(22)25/h5-8,16H,4,9-15H2,1-3H3. The minimum Gasteiger partial charge on any atom is -0.461 e. The van der Waals surface area contributed by atoms with Crippen molar-refractivity contribution >= 4 is 16.9 Å². The highest BCUT2D eigenvalue weighted by Crippen LogP contribution is 2.42. The minimum atomic E-state index is -0.240. The Balaban J connectivity index is 1.49. The number of piperidine rings is 2. The van der Waals surface area contributed by atoms with Crippen molar-refractivity contribution in [2.75, 3.05) is 33.8 Å². The number of para-hydroxylation sites is 1. The lowest BCUT2D eigenvalue weighted by molar-refractivity contribution is -0.156. The molecule has 0 radical (unpaired) electrons. The molecule has 5 heteroatoms. The topological polar surface area (TPSA) is 45.9 Å². The third-order valence-corrected chi connectivity index (χ3v) is 6.53. The normalized spacial score (nSPS) is 23.4. The van der Waals surface area contributed by atoms with E-state index in [1.54, 1.807) is 7.11 Å². The molecule has 5 nitrogen and oxygen atoms in total. The van der Waals surface area contributed by atoms with Crippen LogP contribution in [-0.2, 0) is 22.5 Å². The van der Waals surface area contributed by atoms with Crippen LogP contribution < -0.4 is 0 Å². The molecule has 4 rings (SSSR count). The van der Waals surface area contributed by atoms with E-state index < -0.39 is 0 Å². The molecule has 1 amide bonds. The Labute approximate surface area is 161 Å². The maximum atomic E-state index is 12.9. The minimum absolute atomic E-state index is 0.156. The monoisotopic (exact) mass is 370 g/mol. The summed E-state index contributed by atoms with van der Waals surface area (Å²) in [7, 11) is 3.67. The van der Waals surface area contributed by atoms with Crippen molar-refractivity contribution in [2.45, 2.75) is 45.3 Å². The SMILES string of the molecule is CCc1oc2ccccc2c1CN1CCC2(CC1)CC(OC)CN(C)C2=O. The summed E-state index contributed by atoms with van der Waals surface area (Å²) >= 11 is 0. The van der Waals surface area contributed by atoms with Gasteiger partial charge in [0.05, 0.1) is 11.5 Å². The highest BCUT2D eigenvalue weighted by atomic mass is 16.5. The largest absolute Gasteiger partial charge is 0.461 e. The zero-order valence-electron chi connectivity index (χ0n) is 16.7. The molecular weight excluding hydrogens is 340 g/mol. The van der Waals surface area contributed by atoms with Crippen LogP contribution in [0.5, 0.6) is 0 Å².